The number of nitrogens with zero attached hydrogens (tertiary/aromatic N) is 1. The largest absolute Gasteiger partial charge is 0.463 e. The minimum Gasteiger partial charge on any atom is -0.463 e. The number of carbonyl (C=O) groups excluding carboxylic acids is 1. The topological polar surface area (TPSA) is 47.9 Å². The van der Waals surface area contributed by atoms with Crippen molar-refractivity contribution in [2.24, 2.45) is 5.16 Å². The Bertz CT molecular complexity index is 407. The van der Waals surface area contributed by atoms with Crippen LogP contribution in [0.1, 0.15) is 25.3 Å². The highest BCUT2D eigenvalue weighted by Crippen LogP contribution is 2.12. The average Bonchev–Trinajstić information content (AvgIpc) is 2.37. The summed E-state index contributed by atoms with van der Waals surface area (Å²) in [7, 11) is 0. The van der Waals surface area contributed by atoms with Gasteiger partial charge in [-0.3, -0.25) is 0 Å². The zero-order valence-electron chi connectivity index (χ0n) is 10.3. The summed E-state index contributed by atoms with van der Waals surface area (Å²) in [6.45, 7) is 2.26. The van der Waals surface area contributed by atoms with Crippen LogP contribution in [0.4, 0.5) is 0 Å². The molecule has 0 N–H and O–H groups in total. The second-order valence-corrected chi connectivity index (χ2v) is 4.01. The number of unbranched alkanes of at least 4 members (excludes halogenated alkanes) is 1. The van der Waals surface area contributed by atoms with Crippen LogP contribution in [0.25, 0.3) is 0 Å². The van der Waals surface area contributed by atoms with Crippen LogP contribution in [0.15, 0.2) is 29.4 Å². The van der Waals surface area contributed by atoms with Crippen LogP contribution in [0.2, 0.25) is 5.02 Å². The minimum atomic E-state index is -0.417. The molecule has 0 aliphatic carbocycles. The molecule has 0 bridgehead atoms. The lowest BCUT2D eigenvalue weighted by atomic mass is 10.2. The lowest BCUT2D eigenvalue weighted by molar-refractivity contribution is -0.149. The van der Waals surface area contributed by atoms with E-state index in [4.69, 9.17) is 21.2 Å². The van der Waals surface area contributed by atoms with Crippen molar-refractivity contribution in [1.29, 1.82) is 0 Å². The molecule has 4 nitrogen and oxygen atoms in total. The zero-order valence-corrected chi connectivity index (χ0v) is 11.0. The Morgan fingerprint density at radius 1 is 1.44 bits per heavy atom. The van der Waals surface area contributed by atoms with Gasteiger partial charge in [0.25, 0.3) is 0 Å². The van der Waals surface area contributed by atoms with Crippen molar-refractivity contribution >= 4 is 23.8 Å². The summed E-state index contributed by atoms with van der Waals surface area (Å²) in [6.07, 6.45) is 3.30. The second-order valence-electron chi connectivity index (χ2n) is 3.60. The number of esters is 1. The summed E-state index contributed by atoms with van der Waals surface area (Å²) < 4.78 is 4.89. The maximum atomic E-state index is 11.1. The number of oxime groups is 1. The molecule has 0 atom stereocenters. The predicted octanol–water partition coefficient (Wildman–Crippen LogP) is 3.03. The van der Waals surface area contributed by atoms with Gasteiger partial charge in [0, 0.05) is 10.6 Å². The number of ether oxygens (including phenoxy) is 1. The van der Waals surface area contributed by atoms with Gasteiger partial charge in [0.2, 0.25) is 6.61 Å². The number of hydrogen-bond donors (Lipinski definition) is 0. The third-order valence-corrected chi connectivity index (χ3v) is 2.46. The molecule has 0 saturated heterocycles. The lowest BCUT2D eigenvalue weighted by Gasteiger charge is -2.02. The van der Waals surface area contributed by atoms with Gasteiger partial charge in [-0.05, 0) is 12.5 Å². The van der Waals surface area contributed by atoms with Gasteiger partial charge in [-0.1, -0.05) is 48.3 Å². The van der Waals surface area contributed by atoms with Crippen LogP contribution in [-0.2, 0) is 14.4 Å². The highest BCUT2D eigenvalue weighted by Gasteiger charge is 2.01. The van der Waals surface area contributed by atoms with Crippen LogP contribution in [0, 0.1) is 0 Å². The van der Waals surface area contributed by atoms with E-state index >= 15 is 0 Å². The Hall–Kier alpha value is -1.55. The fraction of sp³-hybridized carbons (Fsp3) is 0.385. The molecular weight excluding hydrogens is 254 g/mol. The summed E-state index contributed by atoms with van der Waals surface area (Å²) >= 11 is 5.91. The molecule has 0 unspecified atom stereocenters. The third-order valence-electron chi connectivity index (χ3n) is 2.11. The van der Waals surface area contributed by atoms with Crippen LogP contribution < -0.4 is 0 Å². The van der Waals surface area contributed by atoms with Crippen LogP contribution in [0.5, 0.6) is 0 Å². The molecule has 1 aromatic carbocycles. The molecule has 1 rings (SSSR count). The predicted molar refractivity (Wildman–Crippen MR) is 70.9 cm³/mol. The van der Waals surface area contributed by atoms with Gasteiger partial charge in [0.1, 0.15) is 0 Å². The molecule has 0 spiro atoms. The van der Waals surface area contributed by atoms with Gasteiger partial charge in [0.15, 0.2) is 0 Å². The first-order valence-corrected chi connectivity index (χ1v) is 6.17. The van der Waals surface area contributed by atoms with Crippen molar-refractivity contribution in [2.45, 2.75) is 19.8 Å². The molecule has 0 fully saturated rings. The van der Waals surface area contributed by atoms with Gasteiger partial charge in [-0.2, -0.15) is 0 Å². The Morgan fingerprint density at radius 3 is 2.94 bits per heavy atom. The van der Waals surface area contributed by atoms with E-state index in [1.54, 1.807) is 12.1 Å². The number of rotatable bonds is 7. The number of halogens is 1. The quantitative estimate of drug-likeness (QED) is 0.331. The number of benzene rings is 1. The first kappa shape index (κ1) is 14.5. The Labute approximate surface area is 112 Å². The van der Waals surface area contributed by atoms with Gasteiger partial charge in [0.05, 0.1) is 12.8 Å². The first-order valence-electron chi connectivity index (χ1n) is 5.79. The smallest absolute Gasteiger partial charge is 0.347 e. The zero-order chi connectivity index (χ0) is 13.2. The highest BCUT2D eigenvalue weighted by molar-refractivity contribution is 6.33. The van der Waals surface area contributed by atoms with E-state index in [0.717, 1.165) is 18.4 Å². The maximum absolute atomic E-state index is 11.1. The lowest BCUT2D eigenvalue weighted by Crippen LogP contribution is -2.11. The molecule has 0 amide bonds. The normalized spacial score (nSPS) is 10.6. The first-order chi connectivity index (χ1) is 8.74. The van der Waals surface area contributed by atoms with E-state index in [1.165, 1.54) is 6.21 Å². The molecule has 98 valence electrons. The summed E-state index contributed by atoms with van der Waals surface area (Å²) in [5.74, 6) is -0.417. The molecule has 0 aromatic heterocycles. The molecule has 0 aliphatic rings. The van der Waals surface area contributed by atoms with Gasteiger partial charge in [-0.15, -0.1) is 0 Å². The van der Waals surface area contributed by atoms with Crippen molar-refractivity contribution in [2.75, 3.05) is 13.2 Å². The molecule has 0 saturated carbocycles. The molecule has 5 heteroatoms. The summed E-state index contributed by atoms with van der Waals surface area (Å²) in [4.78, 5) is 16.0. The molecule has 0 heterocycles. The molecular formula is C13H16ClNO3. The fourth-order valence-electron chi connectivity index (χ4n) is 1.14. The van der Waals surface area contributed by atoms with Crippen LogP contribution >= 0.6 is 11.6 Å². The maximum Gasteiger partial charge on any atom is 0.347 e. The summed E-state index contributed by atoms with van der Waals surface area (Å²) in [5.41, 5.74) is 0.735. The monoisotopic (exact) mass is 269 g/mol. The third kappa shape index (κ3) is 5.68. The van der Waals surface area contributed by atoms with Crippen molar-refractivity contribution in [3.8, 4) is 0 Å². The number of carbonyl (C=O) groups is 1. The fourth-order valence-corrected chi connectivity index (χ4v) is 1.32. The second kappa shape index (κ2) is 8.53. The molecule has 0 radical (unpaired) electrons. The molecule has 0 aliphatic heterocycles. The van der Waals surface area contributed by atoms with Crippen LogP contribution in [0.3, 0.4) is 0 Å². The molecule has 18 heavy (non-hydrogen) atoms. The van der Waals surface area contributed by atoms with Gasteiger partial charge >= 0.3 is 5.97 Å². The summed E-state index contributed by atoms with van der Waals surface area (Å²) in [6, 6.07) is 7.22. The van der Waals surface area contributed by atoms with E-state index in [1.807, 2.05) is 19.1 Å². The van der Waals surface area contributed by atoms with Gasteiger partial charge < -0.3 is 9.57 Å². The van der Waals surface area contributed by atoms with E-state index in [2.05, 4.69) is 5.16 Å². The van der Waals surface area contributed by atoms with E-state index < -0.39 is 5.97 Å². The Kier molecular flexibility index (Phi) is 6.87. The molecule has 1 aromatic rings. The van der Waals surface area contributed by atoms with Crippen molar-refractivity contribution < 1.29 is 14.4 Å². The van der Waals surface area contributed by atoms with E-state index in [0.29, 0.717) is 11.6 Å². The average molecular weight is 270 g/mol. The summed E-state index contributed by atoms with van der Waals surface area (Å²) in [5, 5.41) is 4.24. The van der Waals surface area contributed by atoms with Crippen molar-refractivity contribution in [3.05, 3.63) is 34.9 Å². The minimum absolute atomic E-state index is 0.190. The van der Waals surface area contributed by atoms with Crippen molar-refractivity contribution in [3.63, 3.8) is 0 Å². The van der Waals surface area contributed by atoms with E-state index in [9.17, 15) is 4.79 Å². The number of hydrogen-bond acceptors (Lipinski definition) is 4. The van der Waals surface area contributed by atoms with Crippen molar-refractivity contribution in [1.82, 2.24) is 0 Å². The standard InChI is InChI=1S/C13H16ClNO3/c1-2-3-8-17-13(16)10-18-15-9-11-6-4-5-7-12(11)14/h4-7,9H,2-3,8,10H2,1H3. The van der Waals surface area contributed by atoms with E-state index in [-0.39, 0.29) is 6.61 Å². The SMILES string of the molecule is CCCCOC(=O)CON=Cc1ccccc1Cl. The highest BCUT2D eigenvalue weighted by atomic mass is 35.5. The van der Waals surface area contributed by atoms with Gasteiger partial charge in [-0.25, -0.2) is 4.79 Å². The van der Waals surface area contributed by atoms with Crippen LogP contribution in [-0.4, -0.2) is 25.4 Å². The Balaban J connectivity index is 2.25. The Morgan fingerprint density at radius 2 is 2.22 bits per heavy atom.